The van der Waals surface area contributed by atoms with Gasteiger partial charge in [0, 0.05) is 31.3 Å². The number of carbonyl (C=O) groups is 1. The molecule has 1 aliphatic carbocycles. The van der Waals surface area contributed by atoms with Gasteiger partial charge in [0.05, 0.1) is 20.1 Å². The molecule has 6 heteroatoms. The van der Waals surface area contributed by atoms with Crippen LogP contribution in [0.15, 0.2) is 12.1 Å². The summed E-state index contributed by atoms with van der Waals surface area (Å²) in [7, 11) is 2.98. The highest BCUT2D eigenvalue weighted by atomic mass is 19.1. The standard InChI is InChI=1S/C17H22FNO4/c1-22-15-5-11(14(18)6-16(15)23-2)7-19-8-12(10-3-4-10)13(9-19)17(20)21/h5-6,10,12-13H,3-4,7-9H2,1-2H3,(H,20,21)/t12-,13+/m1/s1. The summed E-state index contributed by atoms with van der Waals surface area (Å²) in [5.41, 5.74) is 0.503. The lowest BCUT2D eigenvalue weighted by Crippen LogP contribution is -2.24. The highest BCUT2D eigenvalue weighted by molar-refractivity contribution is 5.71. The molecular weight excluding hydrogens is 301 g/mol. The fourth-order valence-corrected chi connectivity index (χ4v) is 3.56. The van der Waals surface area contributed by atoms with Crippen molar-refractivity contribution in [2.45, 2.75) is 19.4 Å². The molecule has 3 rings (SSSR count). The molecule has 1 N–H and O–H groups in total. The predicted molar refractivity (Wildman–Crippen MR) is 82.1 cm³/mol. The molecule has 2 atom stereocenters. The van der Waals surface area contributed by atoms with E-state index in [9.17, 15) is 14.3 Å². The van der Waals surface area contributed by atoms with Crippen molar-refractivity contribution in [2.75, 3.05) is 27.3 Å². The Balaban J connectivity index is 1.75. The van der Waals surface area contributed by atoms with E-state index in [0.29, 0.717) is 36.1 Å². The number of benzene rings is 1. The highest BCUT2D eigenvalue weighted by Crippen LogP contribution is 2.44. The Labute approximate surface area is 135 Å². The molecule has 0 amide bonds. The largest absolute Gasteiger partial charge is 0.493 e. The van der Waals surface area contributed by atoms with Crippen molar-refractivity contribution in [1.29, 1.82) is 0 Å². The summed E-state index contributed by atoms with van der Waals surface area (Å²) in [6.07, 6.45) is 2.24. The molecule has 2 fully saturated rings. The van der Waals surface area contributed by atoms with E-state index in [0.717, 1.165) is 19.4 Å². The van der Waals surface area contributed by atoms with E-state index in [1.807, 2.05) is 4.90 Å². The highest BCUT2D eigenvalue weighted by Gasteiger charge is 2.45. The summed E-state index contributed by atoms with van der Waals surface area (Å²) in [6.45, 7) is 1.58. The van der Waals surface area contributed by atoms with Crippen molar-refractivity contribution in [3.63, 3.8) is 0 Å². The maximum atomic E-state index is 14.3. The van der Waals surface area contributed by atoms with Crippen LogP contribution in [0.3, 0.4) is 0 Å². The van der Waals surface area contributed by atoms with Crippen LogP contribution in [0.5, 0.6) is 11.5 Å². The number of nitrogens with zero attached hydrogens (tertiary/aromatic N) is 1. The zero-order valence-corrected chi connectivity index (χ0v) is 13.4. The second kappa shape index (κ2) is 6.35. The number of halogens is 1. The Kier molecular flexibility index (Phi) is 4.43. The normalized spacial score (nSPS) is 24.7. The van der Waals surface area contributed by atoms with Crippen LogP contribution >= 0.6 is 0 Å². The van der Waals surface area contributed by atoms with Gasteiger partial charge in [-0.2, -0.15) is 0 Å². The van der Waals surface area contributed by atoms with Gasteiger partial charge in [-0.1, -0.05) is 0 Å². The first-order valence-corrected chi connectivity index (χ1v) is 7.89. The molecule has 1 aromatic carbocycles. The van der Waals surface area contributed by atoms with Gasteiger partial charge >= 0.3 is 5.97 Å². The van der Waals surface area contributed by atoms with Gasteiger partial charge in [0.2, 0.25) is 0 Å². The number of hydrogen-bond acceptors (Lipinski definition) is 4. The number of carboxylic acid groups (broad SMARTS) is 1. The Hall–Kier alpha value is -1.82. The number of carboxylic acids is 1. The molecule has 0 unspecified atom stereocenters. The average molecular weight is 323 g/mol. The summed E-state index contributed by atoms with van der Waals surface area (Å²) in [4.78, 5) is 13.5. The third kappa shape index (κ3) is 3.27. The summed E-state index contributed by atoms with van der Waals surface area (Å²) >= 11 is 0. The van der Waals surface area contributed by atoms with Gasteiger partial charge in [-0.05, 0) is 30.7 Å². The summed E-state index contributed by atoms with van der Waals surface area (Å²) < 4.78 is 24.6. The minimum Gasteiger partial charge on any atom is -0.493 e. The van der Waals surface area contributed by atoms with Crippen LogP contribution in [-0.4, -0.2) is 43.3 Å². The molecule has 2 aliphatic rings. The predicted octanol–water partition coefficient (Wildman–Crippen LogP) is 2.39. The molecule has 1 aromatic rings. The molecular formula is C17H22FNO4. The Morgan fingerprint density at radius 1 is 1.26 bits per heavy atom. The Morgan fingerprint density at radius 3 is 2.48 bits per heavy atom. The maximum absolute atomic E-state index is 14.3. The zero-order chi connectivity index (χ0) is 16.6. The Bertz CT molecular complexity index is 603. The van der Waals surface area contributed by atoms with Crippen LogP contribution in [0, 0.1) is 23.6 Å². The molecule has 0 bridgehead atoms. The molecule has 1 aliphatic heterocycles. The number of likely N-dealkylation sites (tertiary alicyclic amines) is 1. The third-order valence-corrected chi connectivity index (χ3v) is 4.93. The topological polar surface area (TPSA) is 59.0 Å². The lowest BCUT2D eigenvalue weighted by molar-refractivity contribution is -0.142. The first-order chi connectivity index (χ1) is 11.0. The Morgan fingerprint density at radius 2 is 1.91 bits per heavy atom. The van der Waals surface area contributed by atoms with Crippen LogP contribution in [-0.2, 0) is 11.3 Å². The molecule has 1 saturated heterocycles. The third-order valence-electron chi connectivity index (χ3n) is 4.93. The maximum Gasteiger partial charge on any atom is 0.308 e. The van der Waals surface area contributed by atoms with Crippen LogP contribution in [0.25, 0.3) is 0 Å². The van der Waals surface area contributed by atoms with Gasteiger partial charge in [0.25, 0.3) is 0 Å². The van der Waals surface area contributed by atoms with Crippen LogP contribution < -0.4 is 9.47 Å². The van der Waals surface area contributed by atoms with Crippen LogP contribution in [0.4, 0.5) is 4.39 Å². The van der Waals surface area contributed by atoms with E-state index >= 15 is 0 Å². The van der Waals surface area contributed by atoms with E-state index in [1.165, 1.54) is 20.3 Å². The van der Waals surface area contributed by atoms with Gasteiger partial charge in [0.1, 0.15) is 5.82 Å². The van der Waals surface area contributed by atoms with Crippen molar-refractivity contribution in [1.82, 2.24) is 4.90 Å². The summed E-state index contributed by atoms with van der Waals surface area (Å²) in [6, 6.07) is 2.95. The minimum absolute atomic E-state index is 0.190. The quantitative estimate of drug-likeness (QED) is 0.871. The number of hydrogen-bond donors (Lipinski definition) is 1. The first kappa shape index (κ1) is 16.1. The van der Waals surface area contributed by atoms with Crippen molar-refractivity contribution in [2.24, 2.45) is 17.8 Å². The molecule has 5 nitrogen and oxygen atoms in total. The van der Waals surface area contributed by atoms with E-state index in [4.69, 9.17) is 9.47 Å². The average Bonchev–Trinajstić information content (AvgIpc) is 3.29. The molecule has 0 spiro atoms. The minimum atomic E-state index is -0.739. The zero-order valence-electron chi connectivity index (χ0n) is 13.4. The van der Waals surface area contributed by atoms with E-state index < -0.39 is 5.97 Å². The molecule has 0 radical (unpaired) electrons. The monoisotopic (exact) mass is 323 g/mol. The summed E-state index contributed by atoms with van der Waals surface area (Å²) in [5.74, 6) is 0.116. The van der Waals surface area contributed by atoms with Crippen molar-refractivity contribution in [3.05, 3.63) is 23.5 Å². The van der Waals surface area contributed by atoms with Crippen molar-refractivity contribution >= 4 is 5.97 Å². The van der Waals surface area contributed by atoms with Gasteiger partial charge in [-0.15, -0.1) is 0 Å². The molecule has 1 heterocycles. The van der Waals surface area contributed by atoms with E-state index in [-0.39, 0.29) is 17.7 Å². The van der Waals surface area contributed by atoms with Gasteiger partial charge in [0.15, 0.2) is 11.5 Å². The van der Waals surface area contributed by atoms with Crippen LogP contribution in [0.2, 0.25) is 0 Å². The first-order valence-electron chi connectivity index (χ1n) is 7.89. The van der Waals surface area contributed by atoms with Crippen molar-refractivity contribution in [3.8, 4) is 11.5 Å². The van der Waals surface area contributed by atoms with E-state index in [2.05, 4.69) is 0 Å². The summed E-state index contributed by atoms with van der Waals surface area (Å²) in [5, 5.41) is 9.41. The molecule has 0 aromatic heterocycles. The second-order valence-corrected chi connectivity index (χ2v) is 6.44. The number of methoxy groups -OCH3 is 2. The fraction of sp³-hybridized carbons (Fsp3) is 0.588. The molecule has 126 valence electrons. The van der Waals surface area contributed by atoms with E-state index in [1.54, 1.807) is 6.07 Å². The number of rotatable bonds is 6. The lowest BCUT2D eigenvalue weighted by atomic mass is 9.92. The molecule has 23 heavy (non-hydrogen) atoms. The second-order valence-electron chi connectivity index (χ2n) is 6.44. The SMILES string of the molecule is COc1cc(F)c(CN2C[C@H](C(=O)O)[C@@H](C3CC3)C2)cc1OC. The molecule has 1 saturated carbocycles. The van der Waals surface area contributed by atoms with Gasteiger partial charge < -0.3 is 14.6 Å². The number of aliphatic carboxylic acids is 1. The van der Waals surface area contributed by atoms with Gasteiger partial charge in [-0.25, -0.2) is 4.39 Å². The van der Waals surface area contributed by atoms with Crippen molar-refractivity contribution < 1.29 is 23.8 Å². The lowest BCUT2D eigenvalue weighted by Gasteiger charge is -2.18. The number of ether oxygens (including phenoxy) is 2. The van der Waals surface area contributed by atoms with Gasteiger partial charge in [-0.3, -0.25) is 9.69 Å². The van der Waals surface area contributed by atoms with Crippen LogP contribution in [0.1, 0.15) is 18.4 Å². The fourth-order valence-electron chi connectivity index (χ4n) is 3.56. The smallest absolute Gasteiger partial charge is 0.308 e.